The van der Waals surface area contributed by atoms with Gasteiger partial charge in [0, 0.05) is 42.8 Å². The fourth-order valence-electron chi connectivity index (χ4n) is 2.78. The molecule has 26 heavy (non-hydrogen) atoms. The van der Waals surface area contributed by atoms with E-state index in [1.54, 1.807) is 35.2 Å². The highest BCUT2D eigenvalue weighted by molar-refractivity contribution is 6.35. The number of rotatable bonds is 5. The standard InChI is InChI=1S/C18H19Cl2N3O3/c19-14-4-3-13(15(20)10-14)11-21-17(24)12-22-5-7-23(8-6-22)18(25)16-2-1-9-26-16/h1-4,9-10H,5-8,11-12H2,(H,21,24). The van der Waals surface area contributed by atoms with E-state index in [2.05, 4.69) is 5.32 Å². The summed E-state index contributed by atoms with van der Waals surface area (Å²) in [6, 6.07) is 8.54. The van der Waals surface area contributed by atoms with Gasteiger partial charge in [-0.3, -0.25) is 14.5 Å². The van der Waals surface area contributed by atoms with E-state index >= 15 is 0 Å². The lowest BCUT2D eigenvalue weighted by Crippen LogP contribution is -2.51. The number of hydrogen-bond acceptors (Lipinski definition) is 4. The average Bonchev–Trinajstić information content (AvgIpc) is 3.16. The van der Waals surface area contributed by atoms with E-state index in [0.29, 0.717) is 48.5 Å². The fourth-order valence-corrected chi connectivity index (χ4v) is 3.26. The molecule has 0 spiro atoms. The van der Waals surface area contributed by atoms with Crippen LogP contribution in [-0.4, -0.2) is 54.3 Å². The molecule has 0 radical (unpaired) electrons. The molecule has 1 aliphatic rings. The lowest BCUT2D eigenvalue weighted by atomic mass is 10.2. The number of nitrogens with zero attached hydrogens (tertiary/aromatic N) is 2. The molecule has 8 heteroatoms. The van der Waals surface area contributed by atoms with Crippen LogP contribution < -0.4 is 5.32 Å². The minimum Gasteiger partial charge on any atom is -0.459 e. The molecular formula is C18H19Cl2N3O3. The monoisotopic (exact) mass is 395 g/mol. The summed E-state index contributed by atoms with van der Waals surface area (Å²) < 4.78 is 5.14. The molecule has 1 saturated heterocycles. The zero-order valence-corrected chi connectivity index (χ0v) is 15.6. The van der Waals surface area contributed by atoms with Crippen molar-refractivity contribution in [2.24, 2.45) is 0 Å². The maximum Gasteiger partial charge on any atom is 0.289 e. The van der Waals surface area contributed by atoms with Crippen LogP contribution in [0.5, 0.6) is 0 Å². The Bertz CT molecular complexity index is 772. The third-order valence-corrected chi connectivity index (χ3v) is 4.84. The van der Waals surface area contributed by atoms with Crippen molar-refractivity contribution in [1.29, 1.82) is 0 Å². The molecule has 2 aromatic rings. The molecule has 2 heterocycles. The van der Waals surface area contributed by atoms with Crippen LogP contribution in [0, 0.1) is 0 Å². The summed E-state index contributed by atoms with van der Waals surface area (Å²) in [6.45, 7) is 3.05. The van der Waals surface area contributed by atoms with Crippen LogP contribution in [0.1, 0.15) is 16.1 Å². The molecular weight excluding hydrogens is 377 g/mol. The number of piperazine rings is 1. The van der Waals surface area contributed by atoms with Crippen LogP contribution in [0.15, 0.2) is 41.0 Å². The van der Waals surface area contributed by atoms with Crippen molar-refractivity contribution >= 4 is 35.0 Å². The first-order chi connectivity index (χ1) is 12.5. The Labute approximate surface area is 161 Å². The van der Waals surface area contributed by atoms with Gasteiger partial charge in [0.05, 0.1) is 12.8 Å². The third kappa shape index (κ3) is 4.78. The number of carbonyl (C=O) groups excluding carboxylic acids is 2. The normalized spacial score (nSPS) is 15.1. The topological polar surface area (TPSA) is 65.8 Å². The maximum atomic E-state index is 12.2. The first kappa shape index (κ1) is 18.8. The summed E-state index contributed by atoms with van der Waals surface area (Å²) in [6.07, 6.45) is 1.49. The largest absolute Gasteiger partial charge is 0.459 e. The highest BCUT2D eigenvalue weighted by Gasteiger charge is 2.24. The Morgan fingerprint density at radius 1 is 1.12 bits per heavy atom. The molecule has 0 saturated carbocycles. The van der Waals surface area contributed by atoms with E-state index in [-0.39, 0.29) is 18.4 Å². The smallest absolute Gasteiger partial charge is 0.289 e. The molecule has 1 aromatic heterocycles. The number of amides is 2. The van der Waals surface area contributed by atoms with Gasteiger partial charge < -0.3 is 14.6 Å². The van der Waals surface area contributed by atoms with Gasteiger partial charge >= 0.3 is 0 Å². The number of halogens is 2. The van der Waals surface area contributed by atoms with E-state index in [0.717, 1.165) is 5.56 Å². The van der Waals surface area contributed by atoms with E-state index < -0.39 is 0 Å². The van der Waals surface area contributed by atoms with Gasteiger partial charge in [-0.2, -0.15) is 0 Å². The summed E-state index contributed by atoms with van der Waals surface area (Å²) >= 11 is 12.0. The Morgan fingerprint density at radius 3 is 2.54 bits per heavy atom. The lowest BCUT2D eigenvalue weighted by Gasteiger charge is -2.33. The lowest BCUT2D eigenvalue weighted by molar-refractivity contribution is -0.122. The van der Waals surface area contributed by atoms with Crippen molar-refractivity contribution < 1.29 is 14.0 Å². The Morgan fingerprint density at radius 2 is 1.88 bits per heavy atom. The van der Waals surface area contributed by atoms with Gasteiger partial charge in [-0.15, -0.1) is 0 Å². The SMILES string of the molecule is O=C(CN1CCN(C(=O)c2ccco2)CC1)NCc1ccc(Cl)cc1Cl. The molecule has 138 valence electrons. The van der Waals surface area contributed by atoms with Crippen molar-refractivity contribution in [2.45, 2.75) is 6.54 Å². The second kappa shape index (κ2) is 8.58. The van der Waals surface area contributed by atoms with Gasteiger partial charge in [0.25, 0.3) is 5.91 Å². The first-order valence-electron chi connectivity index (χ1n) is 8.28. The minimum absolute atomic E-state index is 0.0816. The Kier molecular flexibility index (Phi) is 6.19. The molecule has 3 rings (SSSR count). The van der Waals surface area contributed by atoms with Crippen molar-refractivity contribution in [3.05, 3.63) is 58.0 Å². The van der Waals surface area contributed by atoms with Crippen LogP contribution >= 0.6 is 23.2 Å². The van der Waals surface area contributed by atoms with Gasteiger partial charge in [0.2, 0.25) is 5.91 Å². The molecule has 6 nitrogen and oxygen atoms in total. The Hall–Kier alpha value is -2.02. The van der Waals surface area contributed by atoms with E-state index in [1.165, 1.54) is 6.26 Å². The quantitative estimate of drug-likeness (QED) is 0.844. The molecule has 0 atom stereocenters. The summed E-state index contributed by atoms with van der Waals surface area (Å²) in [4.78, 5) is 28.1. The van der Waals surface area contributed by atoms with Gasteiger partial charge in [-0.05, 0) is 29.8 Å². The molecule has 1 aromatic carbocycles. The number of hydrogen-bond donors (Lipinski definition) is 1. The third-order valence-electron chi connectivity index (χ3n) is 4.25. The number of benzene rings is 1. The number of furan rings is 1. The average molecular weight is 396 g/mol. The second-order valence-corrected chi connectivity index (χ2v) is 6.90. The minimum atomic E-state index is -0.114. The molecule has 1 aliphatic heterocycles. The molecule has 2 amide bonds. The van der Waals surface area contributed by atoms with Gasteiger partial charge in [0.1, 0.15) is 0 Å². The van der Waals surface area contributed by atoms with Crippen molar-refractivity contribution in [3.8, 4) is 0 Å². The van der Waals surface area contributed by atoms with Crippen LogP contribution in [0.2, 0.25) is 10.0 Å². The first-order valence-corrected chi connectivity index (χ1v) is 9.04. The second-order valence-electron chi connectivity index (χ2n) is 6.06. The van der Waals surface area contributed by atoms with Crippen LogP contribution in [-0.2, 0) is 11.3 Å². The maximum absolute atomic E-state index is 12.2. The molecule has 0 bridgehead atoms. The summed E-state index contributed by atoms with van der Waals surface area (Å²) in [5.74, 6) is 0.148. The summed E-state index contributed by atoms with van der Waals surface area (Å²) in [5, 5.41) is 3.95. The van der Waals surface area contributed by atoms with Crippen LogP contribution in [0.4, 0.5) is 0 Å². The highest BCUT2D eigenvalue weighted by atomic mass is 35.5. The van der Waals surface area contributed by atoms with Crippen molar-refractivity contribution in [1.82, 2.24) is 15.1 Å². The zero-order valence-electron chi connectivity index (χ0n) is 14.1. The van der Waals surface area contributed by atoms with Crippen LogP contribution in [0.3, 0.4) is 0 Å². The highest BCUT2D eigenvalue weighted by Crippen LogP contribution is 2.20. The van der Waals surface area contributed by atoms with Crippen molar-refractivity contribution in [2.75, 3.05) is 32.7 Å². The zero-order chi connectivity index (χ0) is 18.5. The van der Waals surface area contributed by atoms with Gasteiger partial charge in [-0.25, -0.2) is 0 Å². The Balaban J connectivity index is 1.42. The molecule has 1 N–H and O–H groups in total. The van der Waals surface area contributed by atoms with E-state index in [9.17, 15) is 9.59 Å². The summed E-state index contributed by atoms with van der Waals surface area (Å²) in [5.41, 5.74) is 0.818. The predicted molar refractivity (Wildman–Crippen MR) is 99.4 cm³/mol. The van der Waals surface area contributed by atoms with E-state index in [1.807, 2.05) is 4.90 Å². The number of carbonyl (C=O) groups is 2. The van der Waals surface area contributed by atoms with Gasteiger partial charge in [-0.1, -0.05) is 29.3 Å². The van der Waals surface area contributed by atoms with Crippen LogP contribution in [0.25, 0.3) is 0 Å². The fraction of sp³-hybridized carbons (Fsp3) is 0.333. The molecule has 0 unspecified atom stereocenters. The summed E-state index contributed by atoms with van der Waals surface area (Å²) in [7, 11) is 0. The number of nitrogens with one attached hydrogen (secondary N) is 1. The predicted octanol–water partition coefficient (Wildman–Crippen LogP) is 2.66. The van der Waals surface area contributed by atoms with Gasteiger partial charge in [0.15, 0.2) is 5.76 Å². The van der Waals surface area contributed by atoms with Crippen molar-refractivity contribution in [3.63, 3.8) is 0 Å². The molecule has 1 fully saturated rings. The molecule has 0 aliphatic carbocycles. The van der Waals surface area contributed by atoms with E-state index in [4.69, 9.17) is 27.6 Å².